The Kier molecular flexibility index (Phi) is 2.99. The van der Waals surface area contributed by atoms with Crippen LogP contribution < -0.4 is 4.74 Å². The summed E-state index contributed by atoms with van der Waals surface area (Å²) in [5.74, 6) is 1.55. The third-order valence-electron chi connectivity index (χ3n) is 3.27. The van der Waals surface area contributed by atoms with Crippen LogP contribution in [0.1, 0.15) is 16.1 Å². The molecule has 0 aliphatic rings. The van der Waals surface area contributed by atoms with Crippen LogP contribution in [0.15, 0.2) is 42.6 Å². The van der Waals surface area contributed by atoms with Crippen LogP contribution in [0.4, 0.5) is 0 Å². The van der Waals surface area contributed by atoms with Gasteiger partial charge in [-0.1, -0.05) is 6.07 Å². The normalized spacial score (nSPS) is 10.7. The molecule has 0 aliphatic carbocycles. The SMILES string of the molecule is COc1ccc(-c2nc(C=O)c3ccc(C)cn23)cc1. The van der Waals surface area contributed by atoms with Gasteiger partial charge >= 0.3 is 0 Å². The van der Waals surface area contributed by atoms with E-state index < -0.39 is 0 Å². The maximum absolute atomic E-state index is 11.2. The van der Waals surface area contributed by atoms with E-state index >= 15 is 0 Å². The molecule has 0 bridgehead atoms. The van der Waals surface area contributed by atoms with Gasteiger partial charge in [0, 0.05) is 11.8 Å². The molecule has 0 N–H and O–H groups in total. The van der Waals surface area contributed by atoms with Crippen LogP contribution in [-0.4, -0.2) is 22.8 Å². The minimum atomic E-state index is 0.454. The van der Waals surface area contributed by atoms with E-state index in [1.54, 1.807) is 7.11 Å². The van der Waals surface area contributed by atoms with E-state index in [0.29, 0.717) is 5.69 Å². The molecule has 4 nitrogen and oxygen atoms in total. The third-order valence-corrected chi connectivity index (χ3v) is 3.27. The van der Waals surface area contributed by atoms with Crippen LogP contribution in [0.5, 0.6) is 5.75 Å². The Labute approximate surface area is 116 Å². The molecule has 3 rings (SSSR count). The second kappa shape index (κ2) is 4.81. The number of benzene rings is 1. The standard InChI is InChI=1S/C16H14N2O2/c1-11-3-8-15-14(10-19)17-16(18(15)9-11)12-4-6-13(20-2)7-5-12/h3-10H,1-2H3. The van der Waals surface area contributed by atoms with Gasteiger partial charge in [0.2, 0.25) is 0 Å². The van der Waals surface area contributed by atoms with Crippen LogP contribution in [-0.2, 0) is 0 Å². The lowest BCUT2D eigenvalue weighted by Crippen LogP contribution is -1.90. The largest absolute Gasteiger partial charge is 0.497 e. The molecular weight excluding hydrogens is 252 g/mol. The number of rotatable bonds is 3. The quantitative estimate of drug-likeness (QED) is 0.684. The first-order valence-electron chi connectivity index (χ1n) is 6.31. The van der Waals surface area contributed by atoms with Gasteiger partial charge in [0.15, 0.2) is 6.29 Å². The zero-order valence-corrected chi connectivity index (χ0v) is 11.3. The fraction of sp³-hybridized carbons (Fsp3) is 0.125. The Morgan fingerprint density at radius 1 is 1.15 bits per heavy atom. The number of methoxy groups -OCH3 is 1. The lowest BCUT2D eigenvalue weighted by Gasteiger charge is -2.04. The summed E-state index contributed by atoms with van der Waals surface area (Å²) in [6.07, 6.45) is 2.77. The van der Waals surface area contributed by atoms with Crippen LogP contribution in [0.25, 0.3) is 16.9 Å². The number of imidazole rings is 1. The van der Waals surface area contributed by atoms with E-state index in [1.165, 1.54) is 0 Å². The van der Waals surface area contributed by atoms with E-state index in [2.05, 4.69) is 4.98 Å². The average molecular weight is 266 g/mol. The number of aldehydes is 1. The smallest absolute Gasteiger partial charge is 0.170 e. The number of carbonyl (C=O) groups excluding carboxylic acids is 1. The number of carbonyl (C=O) groups is 1. The highest BCUT2D eigenvalue weighted by Gasteiger charge is 2.12. The van der Waals surface area contributed by atoms with E-state index in [4.69, 9.17) is 4.74 Å². The molecule has 2 heterocycles. The van der Waals surface area contributed by atoms with Crippen molar-refractivity contribution in [2.45, 2.75) is 6.92 Å². The van der Waals surface area contributed by atoms with Crippen LogP contribution >= 0.6 is 0 Å². The van der Waals surface area contributed by atoms with Crippen molar-refractivity contribution in [3.8, 4) is 17.1 Å². The van der Waals surface area contributed by atoms with Crippen molar-refractivity contribution in [2.75, 3.05) is 7.11 Å². The molecule has 1 aromatic carbocycles. The van der Waals surface area contributed by atoms with Crippen molar-refractivity contribution < 1.29 is 9.53 Å². The van der Waals surface area contributed by atoms with Gasteiger partial charge in [-0.25, -0.2) is 4.98 Å². The average Bonchev–Trinajstić information content (AvgIpc) is 2.85. The number of hydrogen-bond acceptors (Lipinski definition) is 3. The first kappa shape index (κ1) is 12.4. The Bertz CT molecular complexity index is 773. The molecule has 0 aliphatic heterocycles. The zero-order chi connectivity index (χ0) is 14.1. The second-order valence-electron chi connectivity index (χ2n) is 4.63. The fourth-order valence-electron chi connectivity index (χ4n) is 2.25. The Morgan fingerprint density at radius 2 is 1.90 bits per heavy atom. The Balaban J connectivity index is 2.23. The van der Waals surface area contributed by atoms with Gasteiger partial charge in [0.25, 0.3) is 0 Å². The van der Waals surface area contributed by atoms with Crippen LogP contribution in [0, 0.1) is 6.92 Å². The van der Waals surface area contributed by atoms with Crippen molar-refractivity contribution in [3.05, 3.63) is 53.9 Å². The van der Waals surface area contributed by atoms with Gasteiger partial charge in [0.05, 0.1) is 12.6 Å². The fourth-order valence-corrected chi connectivity index (χ4v) is 2.25. The molecule has 20 heavy (non-hydrogen) atoms. The maximum Gasteiger partial charge on any atom is 0.170 e. The van der Waals surface area contributed by atoms with Crippen molar-refractivity contribution in [1.82, 2.24) is 9.38 Å². The zero-order valence-electron chi connectivity index (χ0n) is 11.3. The van der Waals surface area contributed by atoms with E-state index in [9.17, 15) is 4.79 Å². The predicted molar refractivity (Wildman–Crippen MR) is 77.3 cm³/mol. The molecule has 4 heteroatoms. The topological polar surface area (TPSA) is 43.6 Å². The van der Waals surface area contributed by atoms with Crippen molar-refractivity contribution in [3.63, 3.8) is 0 Å². The van der Waals surface area contributed by atoms with Gasteiger partial charge in [-0.2, -0.15) is 0 Å². The minimum absolute atomic E-state index is 0.454. The van der Waals surface area contributed by atoms with E-state index in [0.717, 1.165) is 34.5 Å². The lowest BCUT2D eigenvalue weighted by atomic mass is 10.2. The highest BCUT2D eigenvalue weighted by molar-refractivity contribution is 5.86. The third kappa shape index (κ3) is 1.95. The predicted octanol–water partition coefficient (Wildman–Crippen LogP) is 3.13. The molecule has 0 fully saturated rings. The first-order valence-corrected chi connectivity index (χ1v) is 6.31. The molecule has 2 aromatic heterocycles. The summed E-state index contributed by atoms with van der Waals surface area (Å²) in [6.45, 7) is 2.01. The van der Waals surface area contributed by atoms with Gasteiger partial charge in [-0.15, -0.1) is 0 Å². The molecule has 0 saturated heterocycles. The van der Waals surface area contributed by atoms with Gasteiger partial charge < -0.3 is 4.74 Å². The molecule has 0 unspecified atom stereocenters. The molecule has 100 valence electrons. The number of hydrogen-bond donors (Lipinski definition) is 0. The number of fused-ring (bicyclic) bond motifs is 1. The summed E-state index contributed by atoms with van der Waals surface area (Å²) in [6, 6.07) is 11.5. The number of aromatic nitrogens is 2. The highest BCUT2D eigenvalue weighted by atomic mass is 16.5. The number of ether oxygens (including phenoxy) is 1. The van der Waals surface area contributed by atoms with Crippen molar-refractivity contribution in [1.29, 1.82) is 0 Å². The summed E-state index contributed by atoms with van der Waals surface area (Å²) in [5, 5.41) is 0. The van der Waals surface area contributed by atoms with Gasteiger partial charge in [-0.3, -0.25) is 9.20 Å². The van der Waals surface area contributed by atoms with Gasteiger partial charge in [-0.05, 0) is 42.8 Å². The molecule has 0 spiro atoms. The molecule has 0 saturated carbocycles. The molecule has 0 amide bonds. The Morgan fingerprint density at radius 3 is 2.55 bits per heavy atom. The monoisotopic (exact) mass is 266 g/mol. The van der Waals surface area contributed by atoms with Crippen molar-refractivity contribution in [2.24, 2.45) is 0 Å². The summed E-state index contributed by atoms with van der Waals surface area (Å²) in [4.78, 5) is 15.6. The summed E-state index contributed by atoms with van der Waals surface area (Å²) < 4.78 is 7.10. The Hall–Kier alpha value is -2.62. The number of nitrogens with zero attached hydrogens (tertiary/aromatic N) is 2. The van der Waals surface area contributed by atoms with Crippen LogP contribution in [0.2, 0.25) is 0 Å². The first-order chi connectivity index (χ1) is 9.72. The summed E-state index contributed by atoms with van der Waals surface area (Å²) in [7, 11) is 1.63. The van der Waals surface area contributed by atoms with Gasteiger partial charge in [0.1, 0.15) is 17.3 Å². The lowest BCUT2D eigenvalue weighted by molar-refractivity contribution is 0.112. The minimum Gasteiger partial charge on any atom is -0.497 e. The van der Waals surface area contributed by atoms with Crippen molar-refractivity contribution >= 4 is 11.8 Å². The molecule has 3 aromatic rings. The van der Waals surface area contributed by atoms with E-state index in [-0.39, 0.29) is 0 Å². The summed E-state index contributed by atoms with van der Waals surface area (Å²) in [5.41, 5.74) is 3.33. The molecular formula is C16H14N2O2. The molecule has 0 radical (unpaired) electrons. The highest BCUT2D eigenvalue weighted by Crippen LogP contribution is 2.24. The maximum atomic E-state index is 11.2. The summed E-state index contributed by atoms with van der Waals surface area (Å²) >= 11 is 0. The number of aryl methyl sites for hydroxylation is 1. The molecule has 0 atom stereocenters. The van der Waals surface area contributed by atoms with E-state index in [1.807, 2.05) is 53.9 Å². The second-order valence-corrected chi connectivity index (χ2v) is 4.63. The van der Waals surface area contributed by atoms with Crippen LogP contribution in [0.3, 0.4) is 0 Å². The number of pyridine rings is 1.